The maximum atomic E-state index is 13.3. The molecule has 2 nitrogen and oxygen atoms in total. The Morgan fingerprint density at radius 2 is 2.21 bits per heavy atom. The molecule has 14 heavy (non-hydrogen) atoms. The first kappa shape index (κ1) is 11.0. The summed E-state index contributed by atoms with van der Waals surface area (Å²) in [6, 6.07) is 1.63. The van der Waals surface area contributed by atoms with Crippen LogP contribution in [0.25, 0.3) is 0 Å². The zero-order valence-corrected chi connectivity index (χ0v) is 8.35. The zero-order valence-electron chi connectivity index (χ0n) is 6.77. The normalized spacial score (nSPS) is 10.3. The van der Waals surface area contributed by atoms with Crippen LogP contribution in [0.3, 0.4) is 0 Å². The highest BCUT2D eigenvalue weighted by Crippen LogP contribution is 2.25. The van der Waals surface area contributed by atoms with Gasteiger partial charge in [-0.1, -0.05) is 15.9 Å². The minimum Gasteiger partial charge on any atom is -0.245 e. The number of hydrogen-bond donors (Lipinski definition) is 0. The first-order valence-corrected chi connectivity index (χ1v) is 4.65. The van der Waals surface area contributed by atoms with Gasteiger partial charge in [0.15, 0.2) is 0 Å². The fourth-order valence-corrected chi connectivity index (χ4v) is 1.43. The quantitative estimate of drug-likeness (QED) is 0.771. The molecule has 0 aliphatic heterocycles. The molecule has 0 saturated carbocycles. The van der Waals surface area contributed by atoms with Crippen molar-refractivity contribution in [3.8, 4) is 6.07 Å². The molecule has 0 radical (unpaired) electrons. The van der Waals surface area contributed by atoms with Crippen LogP contribution in [-0.2, 0) is 5.33 Å². The van der Waals surface area contributed by atoms with E-state index < -0.39 is 17.8 Å². The second-order valence-electron chi connectivity index (χ2n) is 2.40. The van der Waals surface area contributed by atoms with Crippen LogP contribution in [-0.4, -0.2) is 4.98 Å². The summed E-state index contributed by atoms with van der Waals surface area (Å²) in [7, 11) is 0. The van der Waals surface area contributed by atoms with Crippen molar-refractivity contribution in [3.63, 3.8) is 0 Å². The number of aromatic nitrogens is 1. The Bertz CT molecular complexity index is 387. The molecule has 6 heteroatoms. The van der Waals surface area contributed by atoms with E-state index in [1.165, 1.54) is 0 Å². The van der Waals surface area contributed by atoms with Crippen molar-refractivity contribution >= 4 is 15.9 Å². The minimum atomic E-state index is -2.92. The Balaban J connectivity index is 3.37. The molecule has 1 aromatic rings. The van der Waals surface area contributed by atoms with Crippen molar-refractivity contribution in [1.82, 2.24) is 4.98 Å². The van der Waals surface area contributed by atoms with E-state index in [0.29, 0.717) is 6.20 Å². The summed E-state index contributed by atoms with van der Waals surface area (Å²) in [4.78, 5) is 3.44. The van der Waals surface area contributed by atoms with Crippen LogP contribution < -0.4 is 0 Å². The van der Waals surface area contributed by atoms with Gasteiger partial charge in [-0.3, -0.25) is 0 Å². The second-order valence-corrected chi connectivity index (χ2v) is 2.96. The summed E-state index contributed by atoms with van der Waals surface area (Å²) in [6.45, 7) is 0. The highest BCUT2D eigenvalue weighted by atomic mass is 79.9. The lowest BCUT2D eigenvalue weighted by Gasteiger charge is -2.05. The Labute approximate surface area is 86.5 Å². The Kier molecular flexibility index (Phi) is 3.47. The molecule has 74 valence electrons. The summed E-state index contributed by atoms with van der Waals surface area (Å²) in [5, 5.41) is 8.50. The van der Waals surface area contributed by atoms with E-state index in [1.54, 1.807) is 6.07 Å². The fraction of sp³-hybridized carbons (Fsp3) is 0.250. The number of halogens is 4. The van der Waals surface area contributed by atoms with Crippen molar-refractivity contribution in [1.29, 1.82) is 5.26 Å². The van der Waals surface area contributed by atoms with Gasteiger partial charge in [0.2, 0.25) is 0 Å². The third-order valence-electron chi connectivity index (χ3n) is 1.61. The second kappa shape index (κ2) is 4.42. The fourth-order valence-electron chi connectivity index (χ4n) is 0.917. The SMILES string of the molecule is N#Cc1ncc(C(F)F)c(F)c1CBr. The molecule has 1 rings (SSSR count). The molecule has 0 spiro atoms. The molecule has 0 atom stereocenters. The molecule has 0 aromatic carbocycles. The van der Waals surface area contributed by atoms with E-state index in [1.807, 2.05) is 0 Å². The van der Waals surface area contributed by atoms with Crippen molar-refractivity contribution in [2.24, 2.45) is 0 Å². The Morgan fingerprint density at radius 3 is 2.64 bits per heavy atom. The molecular weight excluding hydrogens is 261 g/mol. The van der Waals surface area contributed by atoms with E-state index in [0.717, 1.165) is 0 Å². The van der Waals surface area contributed by atoms with Gasteiger partial charge in [-0.05, 0) is 0 Å². The van der Waals surface area contributed by atoms with Gasteiger partial charge in [0.25, 0.3) is 6.43 Å². The molecule has 0 bridgehead atoms. The maximum Gasteiger partial charge on any atom is 0.268 e. The molecule has 0 aliphatic carbocycles. The zero-order chi connectivity index (χ0) is 10.7. The van der Waals surface area contributed by atoms with Crippen molar-refractivity contribution in [3.05, 3.63) is 28.8 Å². The topological polar surface area (TPSA) is 36.7 Å². The molecule has 1 heterocycles. The minimum absolute atomic E-state index is 0.0186. The summed E-state index contributed by atoms with van der Waals surface area (Å²) >= 11 is 2.91. The highest BCUT2D eigenvalue weighted by Gasteiger charge is 2.19. The van der Waals surface area contributed by atoms with E-state index >= 15 is 0 Å². The molecule has 1 aromatic heterocycles. The van der Waals surface area contributed by atoms with Crippen molar-refractivity contribution in [2.45, 2.75) is 11.8 Å². The predicted molar refractivity (Wildman–Crippen MR) is 46.5 cm³/mol. The first-order valence-electron chi connectivity index (χ1n) is 3.53. The average molecular weight is 265 g/mol. The number of hydrogen-bond acceptors (Lipinski definition) is 2. The Morgan fingerprint density at radius 1 is 1.57 bits per heavy atom. The third kappa shape index (κ3) is 1.87. The van der Waals surface area contributed by atoms with Crippen molar-refractivity contribution < 1.29 is 13.2 Å². The van der Waals surface area contributed by atoms with Crippen LogP contribution in [0.1, 0.15) is 23.2 Å². The van der Waals surface area contributed by atoms with Gasteiger partial charge in [-0.15, -0.1) is 0 Å². The van der Waals surface area contributed by atoms with Gasteiger partial charge in [0, 0.05) is 17.1 Å². The molecule has 0 fully saturated rings. The van der Waals surface area contributed by atoms with Crippen LogP contribution in [0.5, 0.6) is 0 Å². The van der Waals surface area contributed by atoms with E-state index in [9.17, 15) is 13.2 Å². The molecule has 0 saturated heterocycles. The lowest BCUT2D eigenvalue weighted by atomic mass is 10.1. The van der Waals surface area contributed by atoms with Gasteiger partial charge in [-0.2, -0.15) is 5.26 Å². The number of alkyl halides is 3. The monoisotopic (exact) mass is 264 g/mol. The Hall–Kier alpha value is -1.09. The lowest BCUT2D eigenvalue weighted by Crippen LogP contribution is -2.01. The highest BCUT2D eigenvalue weighted by molar-refractivity contribution is 9.08. The standard InChI is InChI=1S/C8H4BrF3N2/c9-1-4-6(2-13)14-3-5(7(4)10)8(11)12/h3,8H,1H2. The van der Waals surface area contributed by atoms with Crippen LogP contribution in [0.4, 0.5) is 13.2 Å². The summed E-state index contributed by atoms with van der Waals surface area (Å²) in [5.41, 5.74) is -1.09. The maximum absolute atomic E-state index is 13.3. The predicted octanol–water partition coefficient (Wildman–Crippen LogP) is 2.92. The number of nitrogens with zero attached hydrogens (tertiary/aromatic N) is 2. The first-order chi connectivity index (χ1) is 6.61. The van der Waals surface area contributed by atoms with Crippen molar-refractivity contribution in [2.75, 3.05) is 0 Å². The van der Waals surface area contributed by atoms with E-state index in [-0.39, 0.29) is 16.6 Å². The van der Waals surface area contributed by atoms with Crippen LogP contribution in [0, 0.1) is 17.1 Å². The van der Waals surface area contributed by atoms with E-state index in [4.69, 9.17) is 5.26 Å². The molecule has 0 amide bonds. The van der Waals surface area contributed by atoms with E-state index in [2.05, 4.69) is 20.9 Å². The summed E-state index contributed by atoms with van der Waals surface area (Å²) in [5.74, 6) is -1.07. The number of rotatable bonds is 2. The smallest absolute Gasteiger partial charge is 0.245 e. The largest absolute Gasteiger partial charge is 0.268 e. The third-order valence-corrected chi connectivity index (χ3v) is 2.17. The van der Waals surface area contributed by atoms with Crippen LogP contribution in [0.2, 0.25) is 0 Å². The molecular formula is C8H4BrF3N2. The average Bonchev–Trinajstić information content (AvgIpc) is 2.16. The van der Waals surface area contributed by atoms with Crippen LogP contribution >= 0.6 is 15.9 Å². The van der Waals surface area contributed by atoms with Crippen LogP contribution in [0.15, 0.2) is 6.20 Å². The molecule has 0 N–H and O–H groups in total. The van der Waals surface area contributed by atoms with Gasteiger partial charge in [0.1, 0.15) is 17.6 Å². The summed E-state index contributed by atoms with van der Waals surface area (Å²) in [6.07, 6.45) is -2.24. The summed E-state index contributed by atoms with van der Waals surface area (Å²) < 4.78 is 37.7. The van der Waals surface area contributed by atoms with Gasteiger partial charge < -0.3 is 0 Å². The van der Waals surface area contributed by atoms with Gasteiger partial charge in [0.05, 0.1) is 5.56 Å². The number of pyridine rings is 1. The van der Waals surface area contributed by atoms with Gasteiger partial charge >= 0.3 is 0 Å². The van der Waals surface area contributed by atoms with Gasteiger partial charge in [-0.25, -0.2) is 18.2 Å². The lowest BCUT2D eigenvalue weighted by molar-refractivity contribution is 0.145. The molecule has 0 unspecified atom stereocenters. The number of nitriles is 1. The molecule has 0 aliphatic rings.